The van der Waals surface area contributed by atoms with E-state index in [1.54, 1.807) is 18.2 Å². The summed E-state index contributed by atoms with van der Waals surface area (Å²) in [5.41, 5.74) is -0.823. The van der Waals surface area contributed by atoms with Gasteiger partial charge in [0.05, 0.1) is 11.2 Å². The predicted molar refractivity (Wildman–Crippen MR) is 65.7 cm³/mol. The Bertz CT molecular complexity index is 431. The Balaban J connectivity index is 2.03. The predicted octanol–water partition coefficient (Wildman–Crippen LogP) is 1.83. The van der Waals surface area contributed by atoms with Gasteiger partial charge in [-0.05, 0) is 39.8 Å². The number of pyridine rings is 1. The van der Waals surface area contributed by atoms with Crippen LogP contribution in [-0.4, -0.2) is 29.5 Å². The minimum atomic E-state index is -0.996. The highest BCUT2D eigenvalue weighted by Crippen LogP contribution is 2.36. The fourth-order valence-electron chi connectivity index (χ4n) is 1.47. The van der Waals surface area contributed by atoms with E-state index in [4.69, 9.17) is 14.0 Å². The van der Waals surface area contributed by atoms with Crippen LogP contribution in [-0.2, 0) is 14.0 Å². The zero-order chi connectivity index (χ0) is 13.4. The Hall–Kier alpha value is -1.40. The molecule has 1 fully saturated rings. The molecule has 1 aromatic rings. The average molecular weight is 249 g/mol. The molecule has 0 atom stereocenters. The topological polar surface area (TPSA) is 57.7 Å². The first-order valence-corrected chi connectivity index (χ1v) is 5.79. The first kappa shape index (κ1) is 13.0. The van der Waals surface area contributed by atoms with Crippen LogP contribution in [0.2, 0.25) is 0 Å². The molecule has 0 spiro atoms. The highest BCUT2D eigenvalue weighted by molar-refractivity contribution is 6.41. The van der Waals surface area contributed by atoms with Gasteiger partial charge in [0.1, 0.15) is 5.69 Å². The molecule has 0 aliphatic carbocycles. The van der Waals surface area contributed by atoms with Crippen LogP contribution in [0.4, 0.5) is 0 Å². The van der Waals surface area contributed by atoms with Crippen molar-refractivity contribution in [3.8, 4) is 0 Å². The molecular formula is C12H16BNO4. The summed E-state index contributed by atoms with van der Waals surface area (Å²) < 4.78 is 16.2. The lowest BCUT2D eigenvalue weighted by atomic mass is 9.90. The Morgan fingerprint density at radius 3 is 2.33 bits per heavy atom. The van der Waals surface area contributed by atoms with Crippen molar-refractivity contribution in [1.29, 1.82) is 0 Å². The lowest BCUT2D eigenvalue weighted by molar-refractivity contribution is 0.00578. The van der Waals surface area contributed by atoms with Crippen molar-refractivity contribution in [2.75, 3.05) is 0 Å². The van der Waals surface area contributed by atoms with E-state index in [1.165, 1.54) is 6.20 Å². The normalized spacial score (nSPS) is 20.8. The summed E-state index contributed by atoms with van der Waals surface area (Å²) in [5.74, 6) is -0.561. The zero-order valence-corrected chi connectivity index (χ0v) is 11.0. The first-order valence-electron chi connectivity index (χ1n) is 5.79. The SMILES string of the molecule is CC1(C)OB(OC(=O)c2ccccn2)OC1(C)C. The van der Waals surface area contributed by atoms with Gasteiger partial charge in [0.15, 0.2) is 0 Å². The number of aromatic nitrogens is 1. The van der Waals surface area contributed by atoms with Gasteiger partial charge in [0.25, 0.3) is 0 Å². The fraction of sp³-hybridized carbons (Fsp3) is 0.500. The van der Waals surface area contributed by atoms with Crippen LogP contribution in [0, 0.1) is 0 Å². The highest BCUT2D eigenvalue weighted by atomic mass is 16.8. The first-order chi connectivity index (χ1) is 8.32. The monoisotopic (exact) mass is 249 g/mol. The molecule has 0 N–H and O–H groups in total. The highest BCUT2D eigenvalue weighted by Gasteiger charge is 2.54. The molecule has 1 aromatic heterocycles. The molecule has 0 saturated carbocycles. The summed E-state index contributed by atoms with van der Waals surface area (Å²) in [5, 5.41) is 0. The summed E-state index contributed by atoms with van der Waals surface area (Å²) in [6.45, 7) is 7.56. The Morgan fingerprint density at radius 1 is 1.22 bits per heavy atom. The van der Waals surface area contributed by atoms with Crippen molar-refractivity contribution < 1.29 is 18.8 Å². The van der Waals surface area contributed by atoms with Gasteiger partial charge in [-0.15, -0.1) is 0 Å². The maximum Gasteiger partial charge on any atom is 0.716 e. The minimum Gasteiger partial charge on any atom is -0.480 e. The third-order valence-corrected chi connectivity index (χ3v) is 3.31. The third kappa shape index (κ3) is 2.39. The number of rotatable bonds is 2. The largest absolute Gasteiger partial charge is 0.716 e. The molecule has 0 unspecified atom stereocenters. The smallest absolute Gasteiger partial charge is 0.480 e. The quantitative estimate of drug-likeness (QED) is 0.748. The molecule has 2 heterocycles. The number of hydrogen-bond donors (Lipinski definition) is 0. The number of nitrogens with zero attached hydrogens (tertiary/aromatic N) is 1. The molecule has 18 heavy (non-hydrogen) atoms. The molecular weight excluding hydrogens is 233 g/mol. The summed E-state index contributed by atoms with van der Waals surface area (Å²) in [7, 11) is -0.996. The lowest BCUT2D eigenvalue weighted by Gasteiger charge is -2.31. The van der Waals surface area contributed by atoms with E-state index >= 15 is 0 Å². The van der Waals surface area contributed by atoms with E-state index in [1.807, 2.05) is 27.7 Å². The Kier molecular flexibility index (Phi) is 3.17. The van der Waals surface area contributed by atoms with Crippen molar-refractivity contribution in [3.63, 3.8) is 0 Å². The van der Waals surface area contributed by atoms with Crippen LogP contribution >= 0.6 is 0 Å². The summed E-state index contributed by atoms with van der Waals surface area (Å²) in [4.78, 5) is 15.7. The van der Waals surface area contributed by atoms with E-state index in [9.17, 15) is 4.79 Å². The van der Waals surface area contributed by atoms with Crippen LogP contribution in [0.25, 0.3) is 0 Å². The number of hydrogen-bond acceptors (Lipinski definition) is 5. The van der Waals surface area contributed by atoms with E-state index in [0.717, 1.165) is 0 Å². The van der Waals surface area contributed by atoms with Gasteiger partial charge >= 0.3 is 13.3 Å². The summed E-state index contributed by atoms with van der Waals surface area (Å²) in [6, 6.07) is 5.02. The third-order valence-electron chi connectivity index (χ3n) is 3.31. The van der Waals surface area contributed by atoms with Crippen molar-refractivity contribution in [1.82, 2.24) is 4.98 Å². The zero-order valence-electron chi connectivity index (χ0n) is 11.0. The van der Waals surface area contributed by atoms with E-state index in [-0.39, 0.29) is 5.69 Å². The number of carbonyl (C=O) groups is 1. The van der Waals surface area contributed by atoms with Crippen LogP contribution in [0.1, 0.15) is 38.2 Å². The van der Waals surface area contributed by atoms with E-state index in [0.29, 0.717) is 0 Å². The molecule has 2 rings (SSSR count). The Morgan fingerprint density at radius 2 is 1.83 bits per heavy atom. The molecule has 1 aliphatic rings. The molecule has 0 radical (unpaired) electrons. The van der Waals surface area contributed by atoms with Gasteiger partial charge in [-0.25, -0.2) is 9.78 Å². The molecule has 96 valence electrons. The molecule has 0 amide bonds. The molecule has 0 bridgehead atoms. The molecule has 1 saturated heterocycles. The van der Waals surface area contributed by atoms with Crippen LogP contribution in [0.3, 0.4) is 0 Å². The standard InChI is InChI=1S/C12H16BNO4/c1-11(2)12(3,4)18-13(17-11)16-10(15)9-7-5-6-8-14-9/h5-8H,1-4H3. The van der Waals surface area contributed by atoms with Gasteiger partial charge < -0.3 is 14.0 Å². The van der Waals surface area contributed by atoms with E-state index < -0.39 is 24.5 Å². The fourth-order valence-corrected chi connectivity index (χ4v) is 1.47. The van der Waals surface area contributed by atoms with Crippen molar-refractivity contribution in [3.05, 3.63) is 30.1 Å². The van der Waals surface area contributed by atoms with E-state index in [2.05, 4.69) is 4.98 Å². The second-order valence-corrected chi connectivity index (χ2v) is 5.17. The van der Waals surface area contributed by atoms with Gasteiger partial charge in [-0.3, -0.25) is 0 Å². The van der Waals surface area contributed by atoms with Gasteiger partial charge in [0.2, 0.25) is 0 Å². The maximum absolute atomic E-state index is 11.8. The Labute approximate surface area is 107 Å². The molecule has 5 nitrogen and oxygen atoms in total. The van der Waals surface area contributed by atoms with Crippen LogP contribution in [0.5, 0.6) is 0 Å². The van der Waals surface area contributed by atoms with Crippen LogP contribution in [0.15, 0.2) is 24.4 Å². The lowest BCUT2D eigenvalue weighted by Crippen LogP contribution is -2.41. The van der Waals surface area contributed by atoms with Crippen molar-refractivity contribution in [2.24, 2.45) is 0 Å². The number of carbonyl (C=O) groups excluding carboxylic acids is 1. The minimum absolute atomic E-state index is 0.229. The van der Waals surface area contributed by atoms with Crippen molar-refractivity contribution >= 4 is 13.3 Å². The molecule has 6 heteroatoms. The van der Waals surface area contributed by atoms with Gasteiger partial charge in [0, 0.05) is 6.20 Å². The molecule has 1 aliphatic heterocycles. The maximum atomic E-state index is 11.8. The van der Waals surface area contributed by atoms with Crippen LogP contribution < -0.4 is 0 Å². The summed E-state index contributed by atoms with van der Waals surface area (Å²) in [6.07, 6.45) is 1.53. The average Bonchev–Trinajstić information content (AvgIpc) is 2.48. The summed E-state index contributed by atoms with van der Waals surface area (Å²) >= 11 is 0. The second kappa shape index (κ2) is 4.37. The van der Waals surface area contributed by atoms with Crippen molar-refractivity contribution in [2.45, 2.75) is 38.9 Å². The molecule has 0 aromatic carbocycles. The van der Waals surface area contributed by atoms with Gasteiger partial charge in [-0.2, -0.15) is 0 Å². The van der Waals surface area contributed by atoms with Gasteiger partial charge in [-0.1, -0.05) is 6.07 Å². The second-order valence-electron chi connectivity index (χ2n) is 5.17.